The van der Waals surface area contributed by atoms with E-state index >= 15 is 0 Å². The molecule has 3 rings (SSSR count). The largest absolute Gasteiger partial charge is 0.417 e. The molecule has 2 heterocycles. The molecule has 2 aromatic heterocycles. The van der Waals surface area contributed by atoms with E-state index < -0.39 is 23.2 Å². The first-order valence-electron chi connectivity index (χ1n) is 7.40. The summed E-state index contributed by atoms with van der Waals surface area (Å²) >= 11 is 0. The van der Waals surface area contributed by atoms with Crippen LogP contribution in [-0.2, 0) is 12.7 Å². The van der Waals surface area contributed by atoms with Crippen LogP contribution in [0.25, 0.3) is 10.9 Å². The summed E-state index contributed by atoms with van der Waals surface area (Å²) in [5, 5.41) is 3.64. The molecular weight excluding hydrogens is 335 g/mol. The molecule has 0 fully saturated rings. The fourth-order valence-electron chi connectivity index (χ4n) is 2.62. The minimum Gasteiger partial charge on any atom is -0.361 e. The Labute approximate surface area is 141 Å². The molecular formula is C17H14F3N3O2. The van der Waals surface area contributed by atoms with Gasteiger partial charge in [0.1, 0.15) is 11.5 Å². The maximum Gasteiger partial charge on any atom is 0.417 e. The number of benzene rings is 1. The quantitative estimate of drug-likeness (QED) is 0.721. The first-order chi connectivity index (χ1) is 11.8. The number of alkyl halides is 3. The Morgan fingerprint density at radius 1 is 1.28 bits per heavy atom. The Morgan fingerprint density at radius 2 is 2.00 bits per heavy atom. The molecule has 0 bridgehead atoms. The molecule has 0 N–H and O–H groups in total. The molecule has 0 aliphatic carbocycles. The average Bonchev–Trinajstić information content (AvgIpc) is 2.97. The smallest absolute Gasteiger partial charge is 0.361 e. The first-order valence-corrected chi connectivity index (χ1v) is 7.40. The Kier molecular flexibility index (Phi) is 4.20. The lowest BCUT2D eigenvalue weighted by molar-refractivity contribution is -0.136. The zero-order chi connectivity index (χ0) is 18.2. The highest BCUT2D eigenvalue weighted by Gasteiger charge is 2.38. The van der Waals surface area contributed by atoms with E-state index in [1.165, 1.54) is 25.2 Å². The Morgan fingerprint density at radius 3 is 2.64 bits per heavy atom. The van der Waals surface area contributed by atoms with Gasteiger partial charge in [-0.1, -0.05) is 23.4 Å². The SMILES string of the molecule is Cc1cc(CN(C)C(=O)c2cnc3ccccc3c2C(F)(F)F)no1. The third-order valence-electron chi connectivity index (χ3n) is 3.71. The number of pyridine rings is 1. The first kappa shape index (κ1) is 16.9. The third kappa shape index (κ3) is 3.33. The molecule has 0 aliphatic rings. The van der Waals surface area contributed by atoms with Crippen molar-refractivity contribution in [2.75, 3.05) is 7.05 Å². The lowest BCUT2D eigenvalue weighted by Gasteiger charge is -2.20. The molecule has 0 aliphatic heterocycles. The number of nitrogens with zero attached hydrogens (tertiary/aromatic N) is 3. The molecule has 0 spiro atoms. The van der Waals surface area contributed by atoms with Gasteiger partial charge >= 0.3 is 6.18 Å². The summed E-state index contributed by atoms with van der Waals surface area (Å²) < 4.78 is 45.7. The van der Waals surface area contributed by atoms with Crippen LogP contribution in [0.4, 0.5) is 13.2 Å². The summed E-state index contributed by atoms with van der Waals surface area (Å²) in [5.74, 6) is -0.231. The molecule has 0 saturated heterocycles. The third-order valence-corrected chi connectivity index (χ3v) is 3.71. The second-order valence-corrected chi connectivity index (χ2v) is 5.65. The zero-order valence-corrected chi connectivity index (χ0v) is 13.5. The summed E-state index contributed by atoms with van der Waals surface area (Å²) in [6.07, 6.45) is -3.71. The van der Waals surface area contributed by atoms with Gasteiger partial charge in [0.15, 0.2) is 0 Å². The van der Waals surface area contributed by atoms with Crippen LogP contribution in [-0.4, -0.2) is 28.0 Å². The van der Waals surface area contributed by atoms with Gasteiger partial charge in [0.25, 0.3) is 5.91 Å². The summed E-state index contributed by atoms with van der Waals surface area (Å²) in [4.78, 5) is 17.7. The van der Waals surface area contributed by atoms with Gasteiger partial charge < -0.3 is 9.42 Å². The molecule has 1 amide bonds. The van der Waals surface area contributed by atoms with Crippen LogP contribution < -0.4 is 0 Å². The lowest BCUT2D eigenvalue weighted by Crippen LogP contribution is -2.29. The number of aromatic nitrogens is 2. The second kappa shape index (κ2) is 6.19. The van der Waals surface area contributed by atoms with E-state index in [1.54, 1.807) is 19.1 Å². The molecule has 3 aromatic rings. The maximum atomic E-state index is 13.6. The number of hydrogen-bond donors (Lipinski definition) is 0. The molecule has 5 nitrogen and oxygen atoms in total. The highest BCUT2D eigenvalue weighted by molar-refractivity contribution is 6.00. The van der Waals surface area contributed by atoms with E-state index in [2.05, 4.69) is 10.1 Å². The van der Waals surface area contributed by atoms with Crippen LogP contribution in [0.5, 0.6) is 0 Å². The summed E-state index contributed by atoms with van der Waals surface area (Å²) in [5.41, 5.74) is -0.836. The molecule has 1 aromatic carbocycles. The number of carbonyl (C=O) groups excluding carboxylic acids is 1. The number of amides is 1. The van der Waals surface area contributed by atoms with Gasteiger partial charge in [-0.15, -0.1) is 0 Å². The van der Waals surface area contributed by atoms with Crippen molar-refractivity contribution in [1.29, 1.82) is 0 Å². The number of rotatable bonds is 3. The fraction of sp³-hybridized carbons (Fsp3) is 0.235. The van der Waals surface area contributed by atoms with Gasteiger partial charge in [0.05, 0.1) is 23.2 Å². The Bertz CT molecular complexity index is 934. The van der Waals surface area contributed by atoms with Crippen molar-refractivity contribution in [2.24, 2.45) is 0 Å². The Hall–Kier alpha value is -2.90. The maximum absolute atomic E-state index is 13.6. The van der Waals surface area contributed by atoms with Crippen molar-refractivity contribution in [2.45, 2.75) is 19.6 Å². The molecule has 130 valence electrons. The van der Waals surface area contributed by atoms with Crippen molar-refractivity contribution < 1.29 is 22.5 Å². The van der Waals surface area contributed by atoms with Crippen LogP contribution in [0.1, 0.15) is 27.4 Å². The normalized spacial score (nSPS) is 11.7. The van der Waals surface area contributed by atoms with Crippen LogP contribution in [0.2, 0.25) is 0 Å². The van der Waals surface area contributed by atoms with Crippen molar-refractivity contribution in [3.8, 4) is 0 Å². The van der Waals surface area contributed by atoms with Crippen LogP contribution in [0, 0.1) is 6.92 Å². The molecule has 0 unspecified atom stereocenters. The van der Waals surface area contributed by atoms with Gasteiger partial charge in [-0.25, -0.2) is 0 Å². The van der Waals surface area contributed by atoms with E-state index in [0.29, 0.717) is 11.5 Å². The van der Waals surface area contributed by atoms with Gasteiger partial charge in [-0.3, -0.25) is 9.78 Å². The summed E-state index contributed by atoms with van der Waals surface area (Å²) in [7, 11) is 1.40. The zero-order valence-electron chi connectivity index (χ0n) is 13.5. The number of fused-ring (bicyclic) bond motifs is 1. The van der Waals surface area contributed by atoms with Crippen molar-refractivity contribution >= 4 is 16.8 Å². The van der Waals surface area contributed by atoms with E-state index in [4.69, 9.17) is 4.52 Å². The molecule has 0 atom stereocenters. The van der Waals surface area contributed by atoms with E-state index in [1.807, 2.05) is 0 Å². The van der Waals surface area contributed by atoms with Crippen molar-refractivity contribution in [3.63, 3.8) is 0 Å². The molecule has 8 heteroatoms. The predicted molar refractivity (Wildman–Crippen MR) is 83.8 cm³/mol. The number of para-hydroxylation sites is 1. The highest BCUT2D eigenvalue weighted by atomic mass is 19.4. The number of carbonyl (C=O) groups is 1. The van der Waals surface area contributed by atoms with E-state index in [0.717, 1.165) is 11.1 Å². The highest BCUT2D eigenvalue weighted by Crippen LogP contribution is 2.37. The monoisotopic (exact) mass is 349 g/mol. The average molecular weight is 349 g/mol. The lowest BCUT2D eigenvalue weighted by atomic mass is 10.0. The van der Waals surface area contributed by atoms with Crippen molar-refractivity contribution in [3.05, 3.63) is 59.1 Å². The van der Waals surface area contributed by atoms with E-state index in [9.17, 15) is 18.0 Å². The number of hydrogen-bond acceptors (Lipinski definition) is 4. The predicted octanol–water partition coefficient (Wildman–Crippen LogP) is 3.82. The summed E-state index contributed by atoms with van der Waals surface area (Å²) in [6.45, 7) is 1.72. The number of halogens is 3. The van der Waals surface area contributed by atoms with Crippen LogP contribution >= 0.6 is 0 Å². The van der Waals surface area contributed by atoms with Gasteiger partial charge in [-0.2, -0.15) is 13.2 Å². The molecule has 0 radical (unpaired) electrons. The number of aryl methyl sites for hydroxylation is 1. The minimum absolute atomic E-state index is 0.0281. The standard InChI is InChI=1S/C17H14F3N3O2/c1-10-7-11(22-25-10)9-23(2)16(24)13-8-21-14-6-4-3-5-12(14)15(13)17(18,19)20/h3-8H,9H2,1-2H3. The minimum atomic E-state index is -4.68. The second-order valence-electron chi connectivity index (χ2n) is 5.65. The van der Waals surface area contributed by atoms with Crippen LogP contribution in [0.3, 0.4) is 0 Å². The van der Waals surface area contributed by atoms with Gasteiger partial charge in [0.2, 0.25) is 0 Å². The fourth-order valence-corrected chi connectivity index (χ4v) is 2.62. The molecule has 25 heavy (non-hydrogen) atoms. The van der Waals surface area contributed by atoms with Crippen LogP contribution in [0.15, 0.2) is 41.1 Å². The van der Waals surface area contributed by atoms with Gasteiger partial charge in [0, 0.05) is 24.7 Å². The van der Waals surface area contributed by atoms with E-state index in [-0.39, 0.29) is 17.4 Å². The van der Waals surface area contributed by atoms with Crippen molar-refractivity contribution in [1.82, 2.24) is 15.0 Å². The molecule has 0 saturated carbocycles. The Balaban J connectivity index is 2.03. The topological polar surface area (TPSA) is 59.2 Å². The van der Waals surface area contributed by atoms with Gasteiger partial charge in [-0.05, 0) is 13.0 Å². The summed E-state index contributed by atoms with van der Waals surface area (Å²) in [6, 6.07) is 7.47.